The summed E-state index contributed by atoms with van der Waals surface area (Å²) < 4.78 is 5.37. The molecule has 2 aromatic rings. The third-order valence-corrected chi connectivity index (χ3v) is 5.04. The number of ether oxygens (including phenoxy) is 1. The topological polar surface area (TPSA) is 33.9 Å². The van der Waals surface area contributed by atoms with Crippen LogP contribution in [0.2, 0.25) is 0 Å². The van der Waals surface area contributed by atoms with Gasteiger partial charge in [-0.3, -0.25) is 0 Å². The minimum absolute atomic E-state index is 0.435. The van der Waals surface area contributed by atoms with Crippen molar-refractivity contribution in [3.8, 4) is 23.0 Å². The van der Waals surface area contributed by atoms with Gasteiger partial charge in [0.15, 0.2) is 0 Å². The predicted molar refractivity (Wildman–Crippen MR) is 93.7 cm³/mol. The Morgan fingerprint density at radius 2 is 1.50 bits per heavy atom. The lowest BCUT2D eigenvalue weighted by Gasteiger charge is -2.23. The summed E-state index contributed by atoms with van der Waals surface area (Å²) in [5.74, 6) is 6.50. The number of benzene rings is 2. The number of hydrogen-bond acceptors (Lipinski definition) is 2. The van der Waals surface area contributed by atoms with Gasteiger partial charge in [-0.15, -0.1) is 0 Å². The van der Waals surface area contributed by atoms with Crippen LogP contribution >= 0.6 is 0 Å². The van der Waals surface area contributed by atoms with Crippen molar-refractivity contribution < 1.29 is 14.7 Å². The molecule has 2 N–H and O–H groups in total. The highest BCUT2D eigenvalue weighted by atomic mass is 16.5. The number of aliphatic hydroxyl groups is 1. The number of morpholine rings is 1. The molecule has 122 valence electrons. The van der Waals surface area contributed by atoms with Gasteiger partial charge in [0, 0.05) is 6.42 Å². The van der Waals surface area contributed by atoms with E-state index in [1.54, 1.807) is 0 Å². The van der Waals surface area contributed by atoms with Crippen LogP contribution in [-0.2, 0) is 10.3 Å². The van der Waals surface area contributed by atoms with E-state index in [2.05, 4.69) is 24.0 Å². The van der Waals surface area contributed by atoms with Crippen LogP contribution in [0.4, 0.5) is 0 Å². The van der Waals surface area contributed by atoms with Gasteiger partial charge in [0.25, 0.3) is 0 Å². The highest BCUT2D eigenvalue weighted by molar-refractivity contribution is 5.80. The number of fused-ring (bicyclic) bond motifs is 3. The fourth-order valence-corrected chi connectivity index (χ4v) is 3.71. The van der Waals surface area contributed by atoms with Crippen molar-refractivity contribution in [2.24, 2.45) is 0 Å². The van der Waals surface area contributed by atoms with E-state index < -0.39 is 5.60 Å². The molecule has 1 fully saturated rings. The van der Waals surface area contributed by atoms with Crippen molar-refractivity contribution in [2.45, 2.75) is 12.0 Å². The van der Waals surface area contributed by atoms with Gasteiger partial charge >= 0.3 is 0 Å². The molecule has 1 aliphatic heterocycles. The molecular weight excluding hydrogens is 298 g/mol. The summed E-state index contributed by atoms with van der Waals surface area (Å²) in [6.07, 6.45) is 0.435. The maximum atomic E-state index is 11.4. The van der Waals surface area contributed by atoms with Crippen LogP contribution in [0.5, 0.6) is 0 Å². The summed E-state index contributed by atoms with van der Waals surface area (Å²) >= 11 is 0. The minimum atomic E-state index is -0.999. The van der Waals surface area contributed by atoms with Gasteiger partial charge in [-0.1, -0.05) is 54.5 Å². The molecule has 0 radical (unpaired) electrons. The SMILES string of the molecule is OC1(CC#CC[NH+]2CCOCC2)c2ccccc2-c2ccccc21. The van der Waals surface area contributed by atoms with Gasteiger partial charge in [-0.05, 0) is 28.2 Å². The first-order valence-corrected chi connectivity index (χ1v) is 8.58. The molecule has 0 bridgehead atoms. The summed E-state index contributed by atoms with van der Waals surface area (Å²) in [5.41, 5.74) is 3.19. The van der Waals surface area contributed by atoms with Gasteiger partial charge in [-0.25, -0.2) is 0 Å². The molecule has 1 saturated heterocycles. The van der Waals surface area contributed by atoms with E-state index in [1.165, 1.54) is 4.90 Å². The zero-order valence-corrected chi connectivity index (χ0v) is 13.7. The van der Waals surface area contributed by atoms with E-state index in [-0.39, 0.29) is 0 Å². The highest BCUT2D eigenvalue weighted by Crippen LogP contribution is 2.48. The number of nitrogens with one attached hydrogen (secondary N) is 1. The zero-order chi connectivity index (χ0) is 16.4. The standard InChI is InChI=1S/C21H21NO2/c23-21(11-5-6-12-22-13-15-24-16-14-22)19-9-3-1-7-17(19)18-8-2-4-10-20(18)21/h1-4,7-10,23H,11-16H2/p+1. The van der Waals surface area contributed by atoms with Crippen molar-refractivity contribution in [3.63, 3.8) is 0 Å². The molecule has 4 rings (SSSR count). The molecule has 24 heavy (non-hydrogen) atoms. The molecule has 1 heterocycles. The fraction of sp³-hybridized carbons (Fsp3) is 0.333. The van der Waals surface area contributed by atoms with Crippen molar-refractivity contribution in [1.29, 1.82) is 0 Å². The van der Waals surface area contributed by atoms with E-state index in [0.29, 0.717) is 6.42 Å². The normalized spacial score (nSPS) is 18.4. The first-order chi connectivity index (χ1) is 11.8. The van der Waals surface area contributed by atoms with Crippen molar-refractivity contribution in [1.82, 2.24) is 0 Å². The van der Waals surface area contributed by atoms with Crippen LogP contribution in [0.1, 0.15) is 17.5 Å². The minimum Gasteiger partial charge on any atom is -0.379 e. The van der Waals surface area contributed by atoms with E-state index in [9.17, 15) is 5.11 Å². The zero-order valence-electron chi connectivity index (χ0n) is 13.7. The molecular formula is C21H22NO2+. The molecule has 0 aromatic heterocycles. The highest BCUT2D eigenvalue weighted by Gasteiger charge is 2.40. The second-order valence-corrected chi connectivity index (χ2v) is 6.52. The lowest BCUT2D eigenvalue weighted by atomic mass is 9.88. The quantitative estimate of drug-likeness (QED) is 0.816. The second-order valence-electron chi connectivity index (χ2n) is 6.52. The molecule has 2 aromatic carbocycles. The Balaban J connectivity index is 1.58. The van der Waals surface area contributed by atoms with Crippen LogP contribution in [0.3, 0.4) is 0 Å². The maximum absolute atomic E-state index is 11.4. The Kier molecular flexibility index (Phi) is 4.12. The van der Waals surface area contributed by atoms with Crippen LogP contribution in [0.25, 0.3) is 11.1 Å². The summed E-state index contributed by atoms with van der Waals surface area (Å²) in [6.45, 7) is 4.50. The van der Waals surface area contributed by atoms with Gasteiger partial charge in [0.2, 0.25) is 0 Å². The second kappa shape index (κ2) is 6.41. The van der Waals surface area contributed by atoms with Crippen LogP contribution < -0.4 is 4.90 Å². The Morgan fingerprint density at radius 3 is 2.12 bits per heavy atom. The maximum Gasteiger partial charge on any atom is 0.139 e. The van der Waals surface area contributed by atoms with Crippen molar-refractivity contribution in [3.05, 3.63) is 59.7 Å². The molecule has 0 amide bonds. The fourth-order valence-electron chi connectivity index (χ4n) is 3.71. The van der Waals surface area contributed by atoms with E-state index >= 15 is 0 Å². The monoisotopic (exact) mass is 320 g/mol. The molecule has 3 heteroatoms. The molecule has 0 saturated carbocycles. The smallest absolute Gasteiger partial charge is 0.139 e. The Bertz CT molecular complexity index is 751. The molecule has 0 atom stereocenters. The number of rotatable bonds is 2. The third kappa shape index (κ3) is 2.63. The molecule has 3 nitrogen and oxygen atoms in total. The Morgan fingerprint density at radius 1 is 0.917 bits per heavy atom. The summed E-state index contributed by atoms with van der Waals surface area (Å²) in [7, 11) is 0. The first kappa shape index (κ1) is 15.4. The molecule has 2 aliphatic rings. The van der Waals surface area contributed by atoms with Crippen LogP contribution in [0.15, 0.2) is 48.5 Å². The van der Waals surface area contributed by atoms with Gasteiger partial charge in [-0.2, -0.15) is 0 Å². The van der Waals surface area contributed by atoms with Crippen molar-refractivity contribution in [2.75, 3.05) is 32.8 Å². The van der Waals surface area contributed by atoms with Gasteiger partial charge in [0.05, 0.1) is 13.2 Å². The largest absolute Gasteiger partial charge is 0.379 e. The average molecular weight is 320 g/mol. The van der Waals surface area contributed by atoms with E-state index in [0.717, 1.165) is 55.1 Å². The summed E-state index contributed by atoms with van der Waals surface area (Å²) in [4.78, 5) is 1.47. The van der Waals surface area contributed by atoms with Gasteiger partial charge in [0.1, 0.15) is 25.2 Å². The molecule has 1 aliphatic carbocycles. The van der Waals surface area contributed by atoms with E-state index in [1.807, 2.05) is 36.4 Å². The first-order valence-electron chi connectivity index (χ1n) is 8.58. The van der Waals surface area contributed by atoms with Crippen LogP contribution in [0, 0.1) is 11.8 Å². The lowest BCUT2D eigenvalue weighted by molar-refractivity contribution is -0.900. The van der Waals surface area contributed by atoms with Gasteiger partial charge < -0.3 is 14.7 Å². The Labute approximate surface area is 142 Å². The van der Waals surface area contributed by atoms with Crippen LogP contribution in [-0.4, -0.2) is 38.0 Å². The Hall–Kier alpha value is -2.12. The third-order valence-electron chi connectivity index (χ3n) is 5.04. The predicted octanol–water partition coefficient (Wildman–Crippen LogP) is 1.21. The lowest BCUT2D eigenvalue weighted by Crippen LogP contribution is -3.14. The average Bonchev–Trinajstić information content (AvgIpc) is 2.90. The number of quaternary nitrogens is 1. The molecule has 0 spiro atoms. The molecule has 0 unspecified atom stereocenters. The summed E-state index contributed by atoms with van der Waals surface area (Å²) in [6, 6.07) is 16.2. The summed E-state index contributed by atoms with van der Waals surface area (Å²) in [5, 5.41) is 11.4. The van der Waals surface area contributed by atoms with Crippen molar-refractivity contribution >= 4 is 0 Å². The number of hydrogen-bond donors (Lipinski definition) is 2. The van der Waals surface area contributed by atoms with E-state index in [4.69, 9.17) is 4.74 Å².